The average molecular weight is 784 g/mol. The highest BCUT2D eigenvalue weighted by Crippen LogP contribution is 2.47. The van der Waals surface area contributed by atoms with Gasteiger partial charge in [0, 0.05) is 48.0 Å². The summed E-state index contributed by atoms with van der Waals surface area (Å²) in [6.45, 7) is 9.15. The van der Waals surface area contributed by atoms with Gasteiger partial charge in [0.25, 0.3) is 0 Å². The third-order valence-electron chi connectivity index (χ3n) is 13.9. The van der Waals surface area contributed by atoms with Crippen molar-refractivity contribution in [3.8, 4) is 11.4 Å². The molecule has 0 saturated carbocycles. The smallest absolute Gasteiger partial charge is 0.139 e. The van der Waals surface area contributed by atoms with Gasteiger partial charge in [-0.05, 0) is 110 Å². The Bertz CT molecular complexity index is 3180. The second-order valence-corrected chi connectivity index (χ2v) is 18.2. The monoisotopic (exact) mass is 784 g/mol. The van der Waals surface area contributed by atoms with Crippen molar-refractivity contribution >= 4 is 130 Å². The number of hydrogen-bond donors (Lipinski definition) is 2. The van der Waals surface area contributed by atoms with E-state index in [1.54, 1.807) is 0 Å². The molecule has 6 aromatic carbocycles. The van der Waals surface area contributed by atoms with Crippen LogP contribution in [0.2, 0.25) is 0 Å². The van der Waals surface area contributed by atoms with E-state index in [0.29, 0.717) is 11.4 Å². The van der Waals surface area contributed by atoms with Crippen LogP contribution in [-0.2, 0) is 13.0 Å². The number of benzene rings is 6. The maximum Gasteiger partial charge on any atom is 0.139 e. The molecule has 0 radical (unpaired) electrons. The molecule has 2 aliphatic rings. The number of aromatic nitrogens is 1. The molecule has 0 atom stereocenters. The molecule has 2 heterocycles. The largest absolute Gasteiger partial charge is 0.506 e. The first-order valence-electron chi connectivity index (χ1n) is 20.5. The molecule has 0 unspecified atom stereocenters. The van der Waals surface area contributed by atoms with Crippen molar-refractivity contribution in [3.63, 3.8) is 0 Å². The van der Waals surface area contributed by atoms with Crippen LogP contribution in [0.25, 0.3) is 53.2 Å². The number of phenols is 1. The fourth-order valence-corrected chi connectivity index (χ4v) is 11.6. The number of nitrogens with zero attached hydrogens (tertiary/aromatic N) is 2. The zero-order chi connectivity index (χ0) is 40.3. The number of aliphatic imine (C=N–C) groups is 1. The van der Waals surface area contributed by atoms with Gasteiger partial charge in [-0.3, -0.25) is 4.99 Å². The molecule has 0 saturated heterocycles. The second kappa shape index (κ2) is 13.7. The van der Waals surface area contributed by atoms with Crippen LogP contribution in [-0.4, -0.2) is 46.8 Å². The Morgan fingerprint density at radius 2 is 1.50 bits per heavy atom. The van der Waals surface area contributed by atoms with Gasteiger partial charge in [0.15, 0.2) is 0 Å². The number of rotatable bonds is 5. The van der Waals surface area contributed by atoms with Crippen molar-refractivity contribution in [2.24, 2.45) is 4.99 Å². The molecule has 1 N–H and O–H groups in total. The Balaban J connectivity index is 1.15. The topological polar surface area (TPSA) is 37.5 Å². The van der Waals surface area contributed by atoms with E-state index in [4.69, 9.17) is 17.6 Å². The minimum atomic E-state index is 0.242. The molecule has 0 fully saturated rings. The van der Waals surface area contributed by atoms with Crippen LogP contribution in [0, 0.1) is 27.7 Å². The summed E-state index contributed by atoms with van der Waals surface area (Å²) >= 11 is 6.65. The van der Waals surface area contributed by atoms with Crippen molar-refractivity contribution in [2.45, 2.75) is 58.4 Å². The van der Waals surface area contributed by atoms with Gasteiger partial charge in [-0.1, -0.05) is 93.7 Å². The normalized spacial score (nSPS) is 14.3. The summed E-state index contributed by atoms with van der Waals surface area (Å²) in [5, 5.41) is 16.7. The third kappa shape index (κ3) is 5.35. The maximum atomic E-state index is 11.5. The first kappa shape index (κ1) is 37.2. The second-order valence-electron chi connectivity index (χ2n) is 16.7. The molecule has 3 nitrogen and oxygen atoms in total. The van der Waals surface area contributed by atoms with E-state index in [0.717, 1.165) is 47.0 Å². The molecule has 9 heteroatoms. The van der Waals surface area contributed by atoms with E-state index in [9.17, 15) is 5.11 Å². The van der Waals surface area contributed by atoms with Gasteiger partial charge in [0.05, 0.1) is 28.0 Å². The molecule has 2 aromatic heterocycles. The molecule has 10 rings (SSSR count). The molecule has 280 valence electrons. The number of thiophene rings is 1. The van der Waals surface area contributed by atoms with Crippen LogP contribution in [0.4, 0.5) is 0 Å². The first-order chi connectivity index (χ1) is 28.0. The van der Waals surface area contributed by atoms with Gasteiger partial charge in [-0.15, -0.1) is 24.0 Å². The molecular weight excluding hydrogens is 740 g/mol. The van der Waals surface area contributed by atoms with Gasteiger partial charge < -0.3 is 9.67 Å². The quantitative estimate of drug-likeness (QED) is 0.123. The molecule has 0 aliphatic heterocycles. The van der Waals surface area contributed by atoms with Crippen LogP contribution in [0.3, 0.4) is 0 Å². The molecule has 0 spiro atoms. The van der Waals surface area contributed by atoms with Crippen LogP contribution < -0.4 is 21.9 Å². The Morgan fingerprint density at radius 3 is 2.31 bits per heavy atom. The lowest BCUT2D eigenvalue weighted by molar-refractivity contribution is 0.456. The highest BCUT2D eigenvalue weighted by Gasteiger charge is 2.31. The minimum absolute atomic E-state index is 0.242. The zero-order valence-corrected chi connectivity index (χ0v) is 36.3. The summed E-state index contributed by atoms with van der Waals surface area (Å²) < 4.78 is 5.17. The van der Waals surface area contributed by atoms with Crippen LogP contribution in [0.5, 0.6) is 5.75 Å². The Morgan fingerprint density at radius 1 is 0.776 bits per heavy atom. The zero-order valence-electron chi connectivity index (χ0n) is 34.6. The minimum Gasteiger partial charge on any atom is -0.506 e. The Hall–Kier alpha value is -5.10. The van der Waals surface area contributed by atoms with Crippen molar-refractivity contribution in [3.05, 3.63) is 141 Å². The molecule has 8 aromatic rings. The molecule has 2 aliphatic carbocycles. The predicted octanol–water partition coefficient (Wildman–Crippen LogP) is 6.13. The Labute approximate surface area is 353 Å². The van der Waals surface area contributed by atoms with Crippen molar-refractivity contribution in [1.82, 2.24) is 4.57 Å². The fraction of sp³-hybridized carbons (Fsp3) is 0.163. The lowest BCUT2D eigenvalue weighted by Gasteiger charge is -2.26. The van der Waals surface area contributed by atoms with Crippen molar-refractivity contribution in [1.29, 1.82) is 0 Å². The SMILES string of the molecule is Bc1c(B)c(/C(=N/Cc2c(B)c(B)c(C)c(S)c2O)C2=CCCC3=C2c2ccc(-n4c5ccccc5c5ccc6c7ccccc7sc6c54)cc2C3)c(C)c(C)c1C. The average Bonchev–Trinajstić information content (AvgIpc) is 3.92. The van der Waals surface area contributed by atoms with Gasteiger partial charge in [-0.2, -0.15) is 0 Å². The summed E-state index contributed by atoms with van der Waals surface area (Å²) in [5.74, 6) is 0.242. The highest BCUT2D eigenvalue weighted by atomic mass is 32.1. The fourth-order valence-electron chi connectivity index (χ4n) is 10.1. The summed E-state index contributed by atoms with van der Waals surface area (Å²) in [4.78, 5) is 6.22. The van der Waals surface area contributed by atoms with E-state index in [1.165, 1.54) is 109 Å². The van der Waals surface area contributed by atoms with E-state index in [2.05, 4.69) is 142 Å². The van der Waals surface area contributed by atoms with Crippen molar-refractivity contribution in [2.75, 3.05) is 0 Å². The molecule has 0 amide bonds. The van der Waals surface area contributed by atoms with Crippen LogP contribution in [0.15, 0.2) is 106 Å². The van der Waals surface area contributed by atoms with E-state index in [-0.39, 0.29) is 5.75 Å². The van der Waals surface area contributed by atoms with Crippen molar-refractivity contribution < 1.29 is 5.11 Å². The van der Waals surface area contributed by atoms with Crippen LogP contribution in [0.1, 0.15) is 57.3 Å². The maximum absolute atomic E-state index is 11.5. The van der Waals surface area contributed by atoms with Crippen LogP contribution >= 0.6 is 24.0 Å². The van der Waals surface area contributed by atoms with Gasteiger partial charge in [0.1, 0.15) is 37.1 Å². The number of thiol groups is 1. The molecule has 58 heavy (non-hydrogen) atoms. The summed E-state index contributed by atoms with van der Waals surface area (Å²) in [5.41, 5.74) is 23.3. The lowest BCUT2D eigenvalue weighted by atomic mass is 9.69. The standard InChI is InChI=1S/C49H44B4N2OS2/c1-23-24(2)39(44(53)41(50)25(23)3)45(54-22-36-43(52)42(51)26(4)48(57)47(36)56)35-13-9-10-27-20-28-21-29(16-17-30(28)40(27)35)55-37-14-7-5-11-31(37)33-18-19-34-32-12-6-8-15-38(32)58-49(34)46(33)55/h5-8,11-19,21,56-57H,9-10,20,22,50-53H2,1-4H3/b54-45+. The summed E-state index contributed by atoms with van der Waals surface area (Å²) in [6, 6.07) is 29.5. The number of para-hydroxylation sites is 1. The number of allylic oxidation sites excluding steroid dienone is 4. The summed E-state index contributed by atoms with van der Waals surface area (Å²) in [7, 11) is 8.73. The highest BCUT2D eigenvalue weighted by molar-refractivity contribution is 7.80. The molecular formula is C49H44B4N2OS2. The number of hydrogen-bond acceptors (Lipinski definition) is 4. The van der Waals surface area contributed by atoms with E-state index in [1.807, 2.05) is 18.3 Å². The van der Waals surface area contributed by atoms with Gasteiger partial charge >= 0.3 is 0 Å². The number of fused-ring (bicyclic) bond motifs is 9. The predicted molar refractivity (Wildman–Crippen MR) is 265 cm³/mol. The van der Waals surface area contributed by atoms with E-state index >= 15 is 0 Å². The van der Waals surface area contributed by atoms with Gasteiger partial charge in [-0.25, -0.2) is 0 Å². The lowest BCUT2D eigenvalue weighted by Crippen LogP contribution is -2.36. The third-order valence-corrected chi connectivity index (χ3v) is 15.7. The number of aromatic hydroxyl groups is 1. The Kier molecular flexibility index (Phi) is 8.81. The van der Waals surface area contributed by atoms with E-state index < -0.39 is 0 Å². The number of phenolic OH excluding ortho intramolecular Hbond substituents is 1. The summed E-state index contributed by atoms with van der Waals surface area (Å²) in [6.07, 6.45) is 5.38. The first-order valence-corrected chi connectivity index (χ1v) is 21.7. The molecule has 0 bridgehead atoms. The van der Waals surface area contributed by atoms with Gasteiger partial charge in [0.2, 0.25) is 0 Å².